The zero-order valence-corrected chi connectivity index (χ0v) is 25.0. The first-order chi connectivity index (χ1) is 19.2. The largest absolute Gasteiger partial charge is 0.446 e. The van der Waals surface area contributed by atoms with E-state index in [-0.39, 0.29) is 18.3 Å². The first-order valence-corrected chi connectivity index (χ1v) is 15.0. The lowest BCUT2D eigenvalue weighted by Crippen LogP contribution is -2.36. The first-order valence-electron chi connectivity index (χ1n) is 15.0. The maximum Gasteiger partial charge on any atom is 0.411 e. The molecule has 0 aliphatic carbocycles. The van der Waals surface area contributed by atoms with Crippen LogP contribution >= 0.6 is 0 Å². The molecule has 0 radical (unpaired) electrons. The van der Waals surface area contributed by atoms with Crippen LogP contribution in [0.1, 0.15) is 84.1 Å². The maximum absolute atomic E-state index is 12.8. The Morgan fingerprint density at radius 3 is 2.20 bits per heavy atom. The van der Waals surface area contributed by atoms with Crippen LogP contribution in [0.25, 0.3) is 11.1 Å². The minimum Gasteiger partial charge on any atom is -0.446 e. The number of piperidine rings is 1. The second kappa shape index (κ2) is 16.3. The average Bonchev–Trinajstić information content (AvgIpc) is 2.90. The van der Waals surface area contributed by atoms with E-state index in [4.69, 9.17) is 9.47 Å². The monoisotopic (exact) mass is 551 g/mol. The fourth-order valence-electron chi connectivity index (χ4n) is 4.96. The van der Waals surface area contributed by atoms with E-state index in [2.05, 4.69) is 52.9 Å². The molecule has 2 amide bonds. The summed E-state index contributed by atoms with van der Waals surface area (Å²) in [6, 6.07) is 16.6. The van der Waals surface area contributed by atoms with Crippen molar-refractivity contribution in [2.24, 2.45) is 0 Å². The number of benzene rings is 2. The van der Waals surface area contributed by atoms with E-state index in [0.29, 0.717) is 6.54 Å². The average molecular weight is 552 g/mol. The number of alkyl carbamates (subject to hydrolysis) is 1. The highest BCUT2D eigenvalue weighted by atomic mass is 16.6. The molecule has 40 heavy (non-hydrogen) atoms. The van der Waals surface area contributed by atoms with E-state index in [1.165, 1.54) is 31.2 Å². The van der Waals surface area contributed by atoms with Gasteiger partial charge in [-0.1, -0.05) is 74.6 Å². The maximum atomic E-state index is 12.8. The van der Waals surface area contributed by atoms with Crippen molar-refractivity contribution in [2.45, 2.75) is 96.7 Å². The van der Waals surface area contributed by atoms with Crippen LogP contribution in [-0.2, 0) is 15.9 Å². The molecule has 0 atom stereocenters. The van der Waals surface area contributed by atoms with Crippen LogP contribution in [-0.4, -0.2) is 55.5 Å². The van der Waals surface area contributed by atoms with E-state index in [1.54, 1.807) is 0 Å². The molecule has 0 aromatic heterocycles. The molecule has 1 aliphatic heterocycles. The van der Waals surface area contributed by atoms with Gasteiger partial charge in [-0.15, -0.1) is 0 Å². The van der Waals surface area contributed by atoms with E-state index < -0.39 is 5.60 Å². The summed E-state index contributed by atoms with van der Waals surface area (Å²) in [6.07, 6.45) is 9.96. The van der Waals surface area contributed by atoms with Crippen molar-refractivity contribution in [1.29, 1.82) is 0 Å². The highest BCUT2D eigenvalue weighted by Crippen LogP contribution is 2.30. The molecular weight excluding hydrogens is 502 g/mol. The second-order valence-electron chi connectivity index (χ2n) is 11.9. The van der Waals surface area contributed by atoms with Gasteiger partial charge in [0.1, 0.15) is 11.7 Å². The van der Waals surface area contributed by atoms with Gasteiger partial charge in [0.25, 0.3) is 0 Å². The molecule has 2 N–H and O–H groups in total. The number of rotatable bonds is 13. The third-order valence-electron chi connectivity index (χ3n) is 7.16. The molecule has 2 aromatic carbocycles. The van der Waals surface area contributed by atoms with Gasteiger partial charge in [-0.25, -0.2) is 9.59 Å². The number of unbranched alkanes of at least 4 members (excludes halogenated alkanes) is 6. The van der Waals surface area contributed by atoms with Crippen molar-refractivity contribution in [3.63, 3.8) is 0 Å². The smallest absolute Gasteiger partial charge is 0.411 e. The van der Waals surface area contributed by atoms with Crippen LogP contribution in [0.4, 0.5) is 15.3 Å². The minimum absolute atomic E-state index is 0.0270. The number of likely N-dealkylation sites (tertiary alicyclic amines) is 1. The molecule has 1 saturated heterocycles. The van der Waals surface area contributed by atoms with Gasteiger partial charge in [0, 0.05) is 25.2 Å². The molecule has 3 rings (SSSR count). The van der Waals surface area contributed by atoms with Crippen molar-refractivity contribution < 1.29 is 19.1 Å². The van der Waals surface area contributed by atoms with Crippen LogP contribution in [0.3, 0.4) is 0 Å². The van der Waals surface area contributed by atoms with Crippen molar-refractivity contribution in [2.75, 3.05) is 32.0 Å². The fourth-order valence-corrected chi connectivity index (χ4v) is 4.96. The van der Waals surface area contributed by atoms with Crippen molar-refractivity contribution in [3.8, 4) is 11.1 Å². The quantitative estimate of drug-likeness (QED) is 0.248. The van der Waals surface area contributed by atoms with Crippen molar-refractivity contribution in [1.82, 2.24) is 10.2 Å². The first kappa shape index (κ1) is 31.5. The molecule has 0 unspecified atom stereocenters. The summed E-state index contributed by atoms with van der Waals surface area (Å²) >= 11 is 0. The van der Waals surface area contributed by atoms with E-state index in [1.807, 2.05) is 39.0 Å². The van der Waals surface area contributed by atoms with Crippen LogP contribution in [0.5, 0.6) is 0 Å². The highest BCUT2D eigenvalue weighted by Gasteiger charge is 2.21. The summed E-state index contributed by atoms with van der Waals surface area (Å²) in [5.41, 5.74) is 3.66. The molecule has 7 heteroatoms. The number of ether oxygens (including phenoxy) is 2. The SMILES string of the molecule is CN1CCC(OC(=O)Nc2cc(CCCCCCCCCNC(=O)OC(C)(C)C)ccc2-c2ccccc2)CC1. The van der Waals surface area contributed by atoms with Crippen LogP contribution < -0.4 is 10.6 Å². The number of aryl methyl sites for hydroxylation is 1. The predicted octanol–water partition coefficient (Wildman–Crippen LogP) is 7.79. The van der Waals surface area contributed by atoms with Crippen LogP contribution in [0, 0.1) is 0 Å². The van der Waals surface area contributed by atoms with Gasteiger partial charge >= 0.3 is 12.2 Å². The Hall–Kier alpha value is -3.06. The summed E-state index contributed by atoms with van der Waals surface area (Å²) in [5, 5.41) is 5.88. The number of amides is 2. The van der Waals surface area contributed by atoms with Crippen LogP contribution in [0.2, 0.25) is 0 Å². The van der Waals surface area contributed by atoms with Gasteiger partial charge < -0.3 is 19.7 Å². The summed E-state index contributed by atoms with van der Waals surface area (Å²) < 4.78 is 11.0. The number of nitrogens with one attached hydrogen (secondary N) is 2. The Morgan fingerprint density at radius 2 is 1.52 bits per heavy atom. The van der Waals surface area contributed by atoms with Crippen molar-refractivity contribution >= 4 is 17.9 Å². The van der Waals surface area contributed by atoms with Gasteiger partial charge in [-0.05, 0) is 77.1 Å². The fraction of sp³-hybridized carbons (Fsp3) is 0.576. The molecule has 0 bridgehead atoms. The summed E-state index contributed by atoms with van der Waals surface area (Å²) in [7, 11) is 2.10. The zero-order chi connectivity index (χ0) is 28.8. The predicted molar refractivity (Wildman–Crippen MR) is 163 cm³/mol. The topological polar surface area (TPSA) is 79.9 Å². The summed E-state index contributed by atoms with van der Waals surface area (Å²) in [6.45, 7) is 8.18. The Labute approximate surface area is 241 Å². The Morgan fingerprint density at radius 1 is 0.875 bits per heavy atom. The van der Waals surface area contributed by atoms with Gasteiger partial charge in [-0.3, -0.25) is 5.32 Å². The number of hydrogen-bond acceptors (Lipinski definition) is 5. The molecule has 1 aliphatic rings. The highest BCUT2D eigenvalue weighted by molar-refractivity contribution is 5.91. The van der Waals surface area contributed by atoms with E-state index in [0.717, 1.165) is 68.4 Å². The standard InChI is InChI=1S/C33H49N3O4/c1-33(2,3)40-31(37)34-22-14-9-7-5-6-8-11-15-26-18-19-29(27-16-12-10-13-17-27)30(25-26)35-32(38)39-28-20-23-36(4)24-21-28/h10,12-13,16-19,25,28H,5-9,11,14-15,20-24H2,1-4H3,(H,34,37)(H,35,38). The number of hydrogen-bond donors (Lipinski definition) is 2. The molecule has 1 fully saturated rings. The number of anilines is 1. The van der Waals surface area contributed by atoms with Crippen LogP contribution in [0.15, 0.2) is 48.5 Å². The molecule has 2 aromatic rings. The molecule has 0 spiro atoms. The van der Waals surface area contributed by atoms with Gasteiger partial charge in [0.2, 0.25) is 0 Å². The number of nitrogens with zero attached hydrogens (tertiary/aromatic N) is 1. The second-order valence-corrected chi connectivity index (χ2v) is 11.9. The Balaban J connectivity index is 1.40. The molecule has 7 nitrogen and oxygen atoms in total. The van der Waals surface area contributed by atoms with Gasteiger partial charge in [-0.2, -0.15) is 0 Å². The van der Waals surface area contributed by atoms with Gasteiger partial charge in [0.15, 0.2) is 0 Å². The van der Waals surface area contributed by atoms with Crippen molar-refractivity contribution in [3.05, 3.63) is 54.1 Å². The summed E-state index contributed by atoms with van der Waals surface area (Å²) in [4.78, 5) is 26.7. The van der Waals surface area contributed by atoms with Gasteiger partial charge in [0.05, 0.1) is 5.69 Å². The lowest BCUT2D eigenvalue weighted by atomic mass is 9.98. The van der Waals surface area contributed by atoms with E-state index in [9.17, 15) is 9.59 Å². The normalized spacial score (nSPS) is 14.5. The molecule has 0 saturated carbocycles. The third-order valence-corrected chi connectivity index (χ3v) is 7.16. The third kappa shape index (κ3) is 12.0. The molecule has 220 valence electrons. The lowest BCUT2D eigenvalue weighted by Gasteiger charge is -2.28. The zero-order valence-electron chi connectivity index (χ0n) is 25.0. The number of carbonyl (C=O) groups is 2. The Kier molecular flexibility index (Phi) is 12.8. The summed E-state index contributed by atoms with van der Waals surface area (Å²) in [5.74, 6) is 0. The minimum atomic E-state index is -0.454. The van der Waals surface area contributed by atoms with E-state index >= 15 is 0 Å². The number of carbonyl (C=O) groups excluding carboxylic acids is 2. The Bertz CT molecular complexity index is 1040. The molecular formula is C33H49N3O4. The lowest BCUT2D eigenvalue weighted by molar-refractivity contribution is 0.0526. The molecule has 1 heterocycles.